The van der Waals surface area contributed by atoms with Crippen molar-refractivity contribution >= 4 is 0 Å². The summed E-state index contributed by atoms with van der Waals surface area (Å²) in [6.07, 6.45) is 3.18. The van der Waals surface area contributed by atoms with Crippen molar-refractivity contribution in [3.05, 3.63) is 29.6 Å². The molecule has 0 aliphatic heterocycles. The molecule has 0 amide bonds. The van der Waals surface area contributed by atoms with Crippen molar-refractivity contribution in [2.45, 2.75) is 66.2 Å². The van der Waals surface area contributed by atoms with E-state index < -0.39 is 0 Å². The maximum absolute atomic E-state index is 4.58. The molecule has 1 atom stereocenters. The lowest BCUT2D eigenvalue weighted by atomic mass is 10.2. The minimum Gasteiger partial charge on any atom is -0.310 e. The molecule has 3 nitrogen and oxygen atoms in total. The Hall–Kier alpha value is -0.930. The number of hydrogen-bond donors (Lipinski definition) is 1. The smallest absolute Gasteiger partial charge is 0.0544 e. The molecule has 0 bridgehead atoms. The third-order valence-corrected chi connectivity index (χ3v) is 3.59. The lowest BCUT2D eigenvalue weighted by Crippen LogP contribution is -2.32. The van der Waals surface area contributed by atoms with Crippen LogP contribution in [0.4, 0.5) is 0 Å². The van der Waals surface area contributed by atoms with Gasteiger partial charge in [0.1, 0.15) is 0 Å². The van der Waals surface area contributed by atoms with Gasteiger partial charge in [-0.2, -0.15) is 0 Å². The predicted octanol–water partition coefficient (Wildman–Crippen LogP) is 3.20. The van der Waals surface area contributed by atoms with Crippen molar-refractivity contribution in [1.82, 2.24) is 15.2 Å². The molecule has 0 aliphatic rings. The first-order valence-electron chi connectivity index (χ1n) is 7.48. The highest BCUT2D eigenvalue weighted by Crippen LogP contribution is 2.09. The van der Waals surface area contributed by atoms with Gasteiger partial charge in [0.05, 0.1) is 5.69 Å². The molecule has 1 N–H and O–H groups in total. The van der Waals surface area contributed by atoms with E-state index in [9.17, 15) is 0 Å². The Morgan fingerprint density at radius 3 is 2.42 bits per heavy atom. The van der Waals surface area contributed by atoms with E-state index in [0.29, 0.717) is 12.1 Å². The summed E-state index contributed by atoms with van der Waals surface area (Å²) in [5.41, 5.74) is 2.42. The first-order valence-corrected chi connectivity index (χ1v) is 7.48. The molecule has 19 heavy (non-hydrogen) atoms. The normalized spacial score (nSPS) is 13.2. The summed E-state index contributed by atoms with van der Waals surface area (Å²) in [6, 6.07) is 5.47. The van der Waals surface area contributed by atoms with Gasteiger partial charge in [-0.15, -0.1) is 0 Å². The van der Waals surface area contributed by atoms with Gasteiger partial charge in [-0.25, -0.2) is 0 Å². The van der Waals surface area contributed by atoms with Crippen LogP contribution in [0.2, 0.25) is 0 Å². The molecule has 1 heterocycles. The standard InChI is InChI=1S/C16H29N3/c1-6-14(5)19(7-2)12-16-9-8-15(11-18-16)10-17-13(3)4/h8-9,11,13-14,17H,6-7,10,12H2,1-5H3. The molecule has 0 saturated carbocycles. The molecule has 1 unspecified atom stereocenters. The summed E-state index contributed by atoms with van der Waals surface area (Å²) in [5, 5.41) is 3.41. The highest BCUT2D eigenvalue weighted by molar-refractivity contribution is 5.14. The fraction of sp³-hybridized carbons (Fsp3) is 0.688. The van der Waals surface area contributed by atoms with Crippen molar-refractivity contribution in [2.75, 3.05) is 6.54 Å². The summed E-state index contributed by atoms with van der Waals surface area (Å²) in [4.78, 5) is 7.05. The third-order valence-electron chi connectivity index (χ3n) is 3.59. The number of aromatic nitrogens is 1. The first-order chi connectivity index (χ1) is 9.06. The van der Waals surface area contributed by atoms with Crippen molar-refractivity contribution in [3.8, 4) is 0 Å². The van der Waals surface area contributed by atoms with Gasteiger partial charge in [-0.1, -0.05) is 33.8 Å². The third kappa shape index (κ3) is 5.70. The quantitative estimate of drug-likeness (QED) is 0.780. The predicted molar refractivity (Wildman–Crippen MR) is 82.0 cm³/mol. The fourth-order valence-electron chi connectivity index (χ4n) is 2.02. The molecule has 1 aromatic rings. The number of nitrogens with zero attached hydrogens (tertiary/aromatic N) is 2. The van der Waals surface area contributed by atoms with Crippen molar-refractivity contribution < 1.29 is 0 Å². The minimum atomic E-state index is 0.515. The lowest BCUT2D eigenvalue weighted by Gasteiger charge is -2.26. The zero-order chi connectivity index (χ0) is 14.3. The van der Waals surface area contributed by atoms with Gasteiger partial charge < -0.3 is 5.32 Å². The number of nitrogens with one attached hydrogen (secondary N) is 1. The van der Waals surface area contributed by atoms with Crippen molar-refractivity contribution in [2.24, 2.45) is 0 Å². The van der Waals surface area contributed by atoms with Crippen molar-refractivity contribution in [1.29, 1.82) is 0 Å². The van der Waals surface area contributed by atoms with Crippen LogP contribution in [0, 0.1) is 0 Å². The van der Waals surface area contributed by atoms with Crippen LogP contribution in [0.25, 0.3) is 0 Å². The number of pyridine rings is 1. The Bertz CT molecular complexity index is 346. The van der Waals surface area contributed by atoms with E-state index in [-0.39, 0.29) is 0 Å². The Morgan fingerprint density at radius 2 is 1.95 bits per heavy atom. The van der Waals surface area contributed by atoms with Crippen molar-refractivity contribution in [3.63, 3.8) is 0 Å². The molecule has 0 spiro atoms. The Balaban J connectivity index is 2.55. The van der Waals surface area contributed by atoms with E-state index in [2.05, 4.69) is 62.0 Å². The van der Waals surface area contributed by atoms with Gasteiger partial charge in [0.25, 0.3) is 0 Å². The van der Waals surface area contributed by atoms with Crippen LogP contribution in [0.3, 0.4) is 0 Å². The minimum absolute atomic E-state index is 0.515. The molecule has 0 radical (unpaired) electrons. The molecular formula is C16H29N3. The van der Waals surface area contributed by atoms with Gasteiger partial charge >= 0.3 is 0 Å². The molecule has 108 valence electrons. The molecule has 1 aromatic heterocycles. The molecule has 0 fully saturated rings. The Labute approximate surface area is 118 Å². The molecule has 0 saturated heterocycles. The monoisotopic (exact) mass is 263 g/mol. The second-order valence-corrected chi connectivity index (χ2v) is 5.51. The largest absolute Gasteiger partial charge is 0.310 e. The maximum atomic E-state index is 4.58. The van der Waals surface area contributed by atoms with Crippen LogP contribution in [0.1, 0.15) is 52.3 Å². The van der Waals surface area contributed by atoms with E-state index in [1.54, 1.807) is 0 Å². The number of hydrogen-bond acceptors (Lipinski definition) is 3. The van der Waals surface area contributed by atoms with E-state index in [4.69, 9.17) is 0 Å². The van der Waals surface area contributed by atoms with Crippen LogP contribution in [-0.2, 0) is 13.1 Å². The summed E-state index contributed by atoms with van der Waals surface area (Å²) in [5.74, 6) is 0. The second kappa shape index (κ2) is 8.28. The van der Waals surface area contributed by atoms with Gasteiger partial charge in [-0.3, -0.25) is 9.88 Å². The van der Waals surface area contributed by atoms with Crippen LogP contribution in [0.15, 0.2) is 18.3 Å². The first kappa shape index (κ1) is 16.1. The zero-order valence-electron chi connectivity index (χ0n) is 13.1. The fourth-order valence-corrected chi connectivity index (χ4v) is 2.02. The van der Waals surface area contributed by atoms with Crippen LogP contribution in [-0.4, -0.2) is 28.5 Å². The van der Waals surface area contributed by atoms with Crippen LogP contribution in [0.5, 0.6) is 0 Å². The zero-order valence-corrected chi connectivity index (χ0v) is 13.1. The SMILES string of the molecule is CCC(C)N(CC)Cc1ccc(CNC(C)C)cn1. The van der Waals surface area contributed by atoms with Gasteiger partial charge in [-0.05, 0) is 31.5 Å². The second-order valence-electron chi connectivity index (χ2n) is 5.51. The summed E-state index contributed by atoms with van der Waals surface area (Å²) in [7, 11) is 0. The molecule has 0 aliphatic carbocycles. The average molecular weight is 263 g/mol. The Kier molecular flexibility index (Phi) is 7.03. The number of rotatable bonds is 8. The summed E-state index contributed by atoms with van der Waals surface area (Å²) in [6.45, 7) is 14.0. The molecule has 0 aromatic carbocycles. The Morgan fingerprint density at radius 1 is 1.21 bits per heavy atom. The van der Waals surface area contributed by atoms with Crippen LogP contribution < -0.4 is 5.32 Å². The molecule has 3 heteroatoms. The highest BCUT2D eigenvalue weighted by atomic mass is 15.1. The van der Waals surface area contributed by atoms with E-state index in [1.807, 2.05) is 6.20 Å². The highest BCUT2D eigenvalue weighted by Gasteiger charge is 2.10. The van der Waals surface area contributed by atoms with Gasteiger partial charge in [0, 0.05) is 31.4 Å². The maximum Gasteiger partial charge on any atom is 0.0544 e. The lowest BCUT2D eigenvalue weighted by molar-refractivity contribution is 0.203. The topological polar surface area (TPSA) is 28.2 Å². The summed E-state index contributed by atoms with van der Waals surface area (Å²) < 4.78 is 0. The molecular weight excluding hydrogens is 234 g/mol. The van der Waals surface area contributed by atoms with Crippen LogP contribution >= 0.6 is 0 Å². The summed E-state index contributed by atoms with van der Waals surface area (Å²) >= 11 is 0. The van der Waals surface area contributed by atoms with E-state index in [0.717, 1.165) is 25.3 Å². The molecule has 1 rings (SSSR count). The van der Waals surface area contributed by atoms with Gasteiger partial charge in [0.15, 0.2) is 0 Å². The average Bonchev–Trinajstić information content (AvgIpc) is 2.42. The van der Waals surface area contributed by atoms with E-state index >= 15 is 0 Å². The van der Waals surface area contributed by atoms with Gasteiger partial charge in [0.2, 0.25) is 0 Å². The van der Waals surface area contributed by atoms with E-state index in [1.165, 1.54) is 12.0 Å².